The number of nitrogens with zero attached hydrogens (tertiary/aromatic N) is 1. The molecule has 3 nitrogen and oxygen atoms in total. The molecular weight excluding hydrogens is 286 g/mol. The van der Waals surface area contributed by atoms with E-state index in [1.807, 2.05) is 68.1 Å². The van der Waals surface area contributed by atoms with Gasteiger partial charge in [-0.15, -0.1) is 0 Å². The third-order valence-electron chi connectivity index (χ3n) is 4.48. The Morgan fingerprint density at radius 3 is 2.48 bits per heavy atom. The summed E-state index contributed by atoms with van der Waals surface area (Å²) in [5.74, 6) is 0.0477. The first-order chi connectivity index (χ1) is 11.0. The maximum Gasteiger partial charge on any atom is 0.256 e. The van der Waals surface area contributed by atoms with Crippen LogP contribution in [-0.4, -0.2) is 29.2 Å². The summed E-state index contributed by atoms with van der Waals surface area (Å²) in [4.78, 5) is 15.0. The summed E-state index contributed by atoms with van der Waals surface area (Å²) >= 11 is 0. The van der Waals surface area contributed by atoms with E-state index in [2.05, 4.69) is 12.1 Å². The Morgan fingerprint density at radius 2 is 1.78 bits per heavy atom. The van der Waals surface area contributed by atoms with Crippen molar-refractivity contribution in [2.24, 2.45) is 0 Å². The lowest BCUT2D eigenvalue weighted by Crippen LogP contribution is -2.48. The largest absolute Gasteiger partial charge is 0.354 e. The van der Waals surface area contributed by atoms with Crippen LogP contribution < -0.4 is 0 Å². The highest BCUT2D eigenvalue weighted by Crippen LogP contribution is 2.31. The maximum atomic E-state index is 13.1. The van der Waals surface area contributed by atoms with Crippen LogP contribution in [0.3, 0.4) is 0 Å². The molecule has 0 aromatic heterocycles. The van der Waals surface area contributed by atoms with E-state index in [0.29, 0.717) is 6.61 Å². The molecule has 0 bridgehead atoms. The van der Waals surface area contributed by atoms with Gasteiger partial charge in [0.05, 0.1) is 12.6 Å². The van der Waals surface area contributed by atoms with E-state index in [4.69, 9.17) is 4.74 Å². The summed E-state index contributed by atoms with van der Waals surface area (Å²) in [6.45, 7) is 6.48. The fourth-order valence-corrected chi connectivity index (χ4v) is 3.27. The molecule has 1 atom stereocenters. The molecule has 0 saturated carbocycles. The van der Waals surface area contributed by atoms with Crippen molar-refractivity contribution >= 4 is 5.91 Å². The molecule has 23 heavy (non-hydrogen) atoms. The number of ether oxygens (including phenoxy) is 1. The highest BCUT2D eigenvalue weighted by molar-refractivity contribution is 5.96. The molecule has 0 aliphatic carbocycles. The zero-order valence-electron chi connectivity index (χ0n) is 14.0. The molecule has 0 N–H and O–H groups in total. The van der Waals surface area contributed by atoms with Crippen LogP contribution >= 0.6 is 0 Å². The summed E-state index contributed by atoms with van der Waals surface area (Å²) in [5.41, 5.74) is 2.39. The second-order valence-corrected chi connectivity index (χ2v) is 6.59. The average Bonchev–Trinajstić information content (AvgIpc) is 2.83. The van der Waals surface area contributed by atoms with Gasteiger partial charge in [-0.1, -0.05) is 48.5 Å². The van der Waals surface area contributed by atoms with Gasteiger partial charge in [-0.05, 0) is 44.4 Å². The summed E-state index contributed by atoms with van der Waals surface area (Å²) < 4.78 is 5.93. The Labute approximate surface area is 137 Å². The van der Waals surface area contributed by atoms with Crippen molar-refractivity contribution in [1.29, 1.82) is 0 Å². The van der Waals surface area contributed by atoms with Crippen LogP contribution in [0.1, 0.15) is 35.3 Å². The zero-order valence-corrected chi connectivity index (χ0v) is 14.0. The number of rotatable bonds is 3. The number of benzene rings is 2. The van der Waals surface area contributed by atoms with Crippen LogP contribution in [0.4, 0.5) is 0 Å². The Morgan fingerprint density at radius 1 is 1.13 bits per heavy atom. The van der Waals surface area contributed by atoms with Crippen molar-refractivity contribution in [3.63, 3.8) is 0 Å². The number of aryl methyl sites for hydroxylation is 1. The Hall–Kier alpha value is -2.13. The van der Waals surface area contributed by atoms with Gasteiger partial charge in [0, 0.05) is 5.56 Å². The second kappa shape index (κ2) is 6.17. The molecule has 1 amide bonds. The maximum absolute atomic E-state index is 13.1. The molecule has 3 rings (SSSR count). The third-order valence-corrected chi connectivity index (χ3v) is 4.48. The van der Waals surface area contributed by atoms with Crippen LogP contribution in [0, 0.1) is 6.92 Å². The fourth-order valence-electron chi connectivity index (χ4n) is 3.27. The van der Waals surface area contributed by atoms with Crippen LogP contribution in [0.5, 0.6) is 0 Å². The molecule has 2 aromatic rings. The van der Waals surface area contributed by atoms with E-state index in [0.717, 1.165) is 17.5 Å². The van der Waals surface area contributed by atoms with Crippen LogP contribution in [0.15, 0.2) is 54.6 Å². The minimum Gasteiger partial charge on any atom is -0.354 e. The van der Waals surface area contributed by atoms with Crippen molar-refractivity contribution in [2.45, 2.75) is 39.0 Å². The van der Waals surface area contributed by atoms with Crippen molar-refractivity contribution in [2.75, 3.05) is 6.61 Å². The number of hydrogen-bond acceptors (Lipinski definition) is 2. The van der Waals surface area contributed by atoms with Gasteiger partial charge < -0.3 is 9.64 Å². The predicted molar refractivity (Wildman–Crippen MR) is 91.3 cm³/mol. The molecular formula is C20H23NO2. The van der Waals surface area contributed by atoms with Crippen molar-refractivity contribution < 1.29 is 9.53 Å². The third kappa shape index (κ3) is 3.15. The lowest BCUT2D eigenvalue weighted by Gasteiger charge is -2.34. The van der Waals surface area contributed by atoms with Gasteiger partial charge in [0.25, 0.3) is 5.91 Å². The molecule has 2 aromatic carbocycles. The number of carbonyl (C=O) groups excluding carboxylic acids is 1. The van der Waals surface area contributed by atoms with Crippen molar-refractivity contribution in [1.82, 2.24) is 4.90 Å². The molecule has 0 unspecified atom stereocenters. The summed E-state index contributed by atoms with van der Waals surface area (Å²) in [7, 11) is 0. The van der Waals surface area contributed by atoms with E-state index in [9.17, 15) is 4.79 Å². The van der Waals surface area contributed by atoms with Gasteiger partial charge >= 0.3 is 0 Å². The lowest BCUT2D eigenvalue weighted by molar-refractivity contribution is -0.0402. The standard InChI is InChI=1S/C20H23NO2/c1-15-9-7-8-12-18(15)19(22)21-17(14-23-20(21,2)3)13-16-10-5-4-6-11-16/h4-12,17H,13-14H2,1-3H3/t17-/m1/s1. The average molecular weight is 309 g/mol. The molecule has 3 heteroatoms. The minimum atomic E-state index is -0.585. The van der Waals surface area contributed by atoms with Crippen LogP contribution in [0.2, 0.25) is 0 Å². The first kappa shape index (κ1) is 15.8. The smallest absolute Gasteiger partial charge is 0.256 e. The van der Waals surface area contributed by atoms with Crippen LogP contribution in [-0.2, 0) is 11.2 Å². The summed E-state index contributed by atoms with van der Waals surface area (Å²) in [5, 5.41) is 0. The monoisotopic (exact) mass is 309 g/mol. The normalized spacial score (nSPS) is 19.8. The van der Waals surface area contributed by atoms with Gasteiger partial charge in [-0.2, -0.15) is 0 Å². The number of amides is 1. The number of hydrogen-bond donors (Lipinski definition) is 0. The van der Waals surface area contributed by atoms with E-state index in [1.165, 1.54) is 5.56 Å². The molecule has 1 saturated heterocycles. The minimum absolute atomic E-state index is 0.0477. The second-order valence-electron chi connectivity index (χ2n) is 6.59. The van der Waals surface area contributed by atoms with Crippen molar-refractivity contribution in [3.8, 4) is 0 Å². The van der Waals surface area contributed by atoms with Gasteiger partial charge in [0.1, 0.15) is 5.72 Å². The van der Waals surface area contributed by atoms with E-state index < -0.39 is 5.72 Å². The van der Waals surface area contributed by atoms with Gasteiger partial charge in [0.2, 0.25) is 0 Å². The Kier molecular flexibility index (Phi) is 4.22. The molecule has 1 fully saturated rings. The zero-order chi connectivity index (χ0) is 16.4. The Balaban J connectivity index is 1.89. The molecule has 1 heterocycles. The first-order valence-corrected chi connectivity index (χ1v) is 8.06. The summed E-state index contributed by atoms with van der Waals surface area (Å²) in [6.07, 6.45) is 0.807. The molecule has 0 spiro atoms. The summed E-state index contributed by atoms with van der Waals surface area (Å²) in [6, 6.07) is 18.1. The SMILES string of the molecule is Cc1ccccc1C(=O)N1[C@H](Cc2ccccc2)COC1(C)C. The van der Waals surface area contributed by atoms with Gasteiger partial charge in [-0.3, -0.25) is 4.79 Å². The highest BCUT2D eigenvalue weighted by atomic mass is 16.5. The predicted octanol–water partition coefficient (Wildman–Crippen LogP) is 3.81. The quantitative estimate of drug-likeness (QED) is 0.863. The van der Waals surface area contributed by atoms with E-state index >= 15 is 0 Å². The highest BCUT2D eigenvalue weighted by Gasteiger charge is 2.44. The van der Waals surface area contributed by atoms with Gasteiger partial charge in [-0.25, -0.2) is 0 Å². The molecule has 1 aliphatic rings. The topological polar surface area (TPSA) is 29.5 Å². The van der Waals surface area contributed by atoms with Crippen molar-refractivity contribution in [3.05, 3.63) is 71.3 Å². The first-order valence-electron chi connectivity index (χ1n) is 8.06. The van der Waals surface area contributed by atoms with Gasteiger partial charge in [0.15, 0.2) is 0 Å². The molecule has 120 valence electrons. The fraction of sp³-hybridized carbons (Fsp3) is 0.350. The van der Waals surface area contributed by atoms with Crippen LogP contribution in [0.25, 0.3) is 0 Å². The molecule has 1 aliphatic heterocycles. The van der Waals surface area contributed by atoms with E-state index in [-0.39, 0.29) is 11.9 Å². The van der Waals surface area contributed by atoms with E-state index in [1.54, 1.807) is 0 Å². The Bertz CT molecular complexity index is 694. The lowest BCUT2D eigenvalue weighted by atomic mass is 10.0. The number of carbonyl (C=O) groups is 1. The molecule has 0 radical (unpaired) electrons.